The number of nitrogens with one attached hydrogen (secondary N) is 2. The molecule has 0 amide bonds. The quantitative estimate of drug-likeness (QED) is 0.554. The lowest BCUT2D eigenvalue weighted by Crippen LogP contribution is -2.44. The molecule has 0 radical (unpaired) electrons. The van der Waals surface area contributed by atoms with Crippen LogP contribution in [0.2, 0.25) is 0 Å². The van der Waals surface area contributed by atoms with Crippen LogP contribution in [-0.2, 0) is 4.74 Å². The third-order valence-electron chi connectivity index (χ3n) is 4.38. The number of methoxy groups -OCH3 is 2. The van der Waals surface area contributed by atoms with Crippen molar-refractivity contribution in [3.63, 3.8) is 0 Å². The Kier molecular flexibility index (Phi) is 8.28. The summed E-state index contributed by atoms with van der Waals surface area (Å²) in [5.74, 6) is 0.890. The van der Waals surface area contributed by atoms with Gasteiger partial charge in [-0.05, 0) is 55.8 Å². The second kappa shape index (κ2) is 10.5. The van der Waals surface area contributed by atoms with Gasteiger partial charge in [-0.1, -0.05) is 18.6 Å². The largest absolute Gasteiger partial charge is 0.497 e. The van der Waals surface area contributed by atoms with Crippen LogP contribution in [0.5, 0.6) is 5.75 Å². The maximum atomic E-state index is 5.36. The number of likely N-dealkylation sites (tertiary alicyclic amines) is 1. The molecule has 0 aromatic heterocycles. The van der Waals surface area contributed by atoms with Crippen molar-refractivity contribution < 1.29 is 9.47 Å². The highest BCUT2D eigenvalue weighted by Gasteiger charge is 2.22. The fourth-order valence-corrected chi connectivity index (χ4v) is 3.22. The van der Waals surface area contributed by atoms with Gasteiger partial charge in [0.1, 0.15) is 5.75 Å². The Labute approximate surface area is 150 Å². The first-order valence-electron chi connectivity index (χ1n) is 8.63. The number of hydrogen-bond acceptors (Lipinski definition) is 4. The number of nitrogens with zero attached hydrogens (tertiary/aromatic N) is 1. The van der Waals surface area contributed by atoms with Crippen molar-refractivity contribution in [2.75, 3.05) is 47.0 Å². The highest BCUT2D eigenvalue weighted by atomic mass is 32.1. The summed E-state index contributed by atoms with van der Waals surface area (Å²) in [5, 5.41) is 7.21. The van der Waals surface area contributed by atoms with Gasteiger partial charge >= 0.3 is 0 Å². The molecule has 5 nitrogen and oxygen atoms in total. The Balaban J connectivity index is 1.98. The second-order valence-corrected chi connectivity index (χ2v) is 6.42. The van der Waals surface area contributed by atoms with Crippen molar-refractivity contribution in [3.8, 4) is 5.75 Å². The van der Waals surface area contributed by atoms with Crippen LogP contribution in [-0.4, -0.2) is 57.0 Å². The molecule has 1 atom stereocenters. The van der Waals surface area contributed by atoms with Crippen LogP contribution in [0.1, 0.15) is 30.9 Å². The summed E-state index contributed by atoms with van der Waals surface area (Å²) in [4.78, 5) is 2.55. The summed E-state index contributed by atoms with van der Waals surface area (Å²) in [6, 6.07) is 8.68. The smallest absolute Gasteiger partial charge is 0.166 e. The van der Waals surface area contributed by atoms with Crippen LogP contribution >= 0.6 is 12.2 Å². The fourth-order valence-electron chi connectivity index (χ4n) is 3.03. The van der Waals surface area contributed by atoms with Crippen LogP contribution in [0.4, 0.5) is 0 Å². The molecule has 0 saturated carbocycles. The van der Waals surface area contributed by atoms with E-state index in [9.17, 15) is 0 Å². The molecule has 1 heterocycles. The van der Waals surface area contributed by atoms with E-state index < -0.39 is 0 Å². The first-order chi connectivity index (χ1) is 11.7. The molecule has 134 valence electrons. The summed E-state index contributed by atoms with van der Waals surface area (Å²) >= 11 is 5.36. The van der Waals surface area contributed by atoms with Gasteiger partial charge in [0.25, 0.3) is 0 Å². The fraction of sp³-hybridized carbons (Fsp3) is 0.611. The molecule has 2 N–H and O–H groups in total. The van der Waals surface area contributed by atoms with E-state index >= 15 is 0 Å². The summed E-state index contributed by atoms with van der Waals surface area (Å²) in [6.45, 7) is 4.45. The number of benzene rings is 1. The van der Waals surface area contributed by atoms with Crippen molar-refractivity contribution in [3.05, 3.63) is 29.8 Å². The van der Waals surface area contributed by atoms with E-state index in [1.807, 2.05) is 12.1 Å². The number of thiocarbonyl (C=S) groups is 1. The molecule has 0 bridgehead atoms. The Morgan fingerprint density at radius 1 is 1.12 bits per heavy atom. The molecule has 1 saturated heterocycles. The molecule has 1 aromatic carbocycles. The van der Waals surface area contributed by atoms with Gasteiger partial charge in [-0.3, -0.25) is 4.90 Å². The molecule has 6 heteroatoms. The van der Waals surface area contributed by atoms with Crippen LogP contribution in [0.3, 0.4) is 0 Å². The zero-order chi connectivity index (χ0) is 17.2. The summed E-state index contributed by atoms with van der Waals surface area (Å²) in [6.07, 6.45) is 3.86. The minimum atomic E-state index is 0.318. The predicted octanol–water partition coefficient (Wildman–Crippen LogP) is 2.33. The first-order valence-corrected chi connectivity index (χ1v) is 9.04. The molecule has 1 aliphatic rings. The van der Waals surface area contributed by atoms with Gasteiger partial charge < -0.3 is 20.1 Å². The lowest BCUT2D eigenvalue weighted by atomic mass is 10.0. The lowest BCUT2D eigenvalue weighted by molar-refractivity contribution is 0.164. The zero-order valence-electron chi connectivity index (χ0n) is 14.7. The first kappa shape index (κ1) is 19.0. The summed E-state index contributed by atoms with van der Waals surface area (Å²) in [5.41, 5.74) is 1.30. The zero-order valence-corrected chi connectivity index (χ0v) is 15.5. The van der Waals surface area contributed by atoms with E-state index in [-0.39, 0.29) is 0 Å². The number of ether oxygens (including phenoxy) is 2. The van der Waals surface area contributed by atoms with Gasteiger partial charge in [-0.15, -0.1) is 0 Å². The number of piperidine rings is 1. The van der Waals surface area contributed by atoms with Crippen molar-refractivity contribution in [1.82, 2.24) is 15.5 Å². The van der Waals surface area contributed by atoms with Crippen molar-refractivity contribution in [2.45, 2.75) is 25.3 Å². The Bertz CT molecular complexity index is 490. The Hall–Kier alpha value is -1.37. The van der Waals surface area contributed by atoms with Crippen molar-refractivity contribution in [2.24, 2.45) is 0 Å². The summed E-state index contributed by atoms with van der Waals surface area (Å²) < 4.78 is 10.3. The molecule has 1 fully saturated rings. The molecular formula is C18H29N3O2S. The molecule has 1 aliphatic heterocycles. The minimum absolute atomic E-state index is 0.318. The van der Waals surface area contributed by atoms with E-state index in [1.54, 1.807) is 14.2 Å². The van der Waals surface area contributed by atoms with Crippen LogP contribution in [0, 0.1) is 0 Å². The van der Waals surface area contributed by atoms with Crippen LogP contribution in [0.25, 0.3) is 0 Å². The average molecular weight is 352 g/mol. The van der Waals surface area contributed by atoms with E-state index in [4.69, 9.17) is 21.7 Å². The maximum absolute atomic E-state index is 5.36. The lowest BCUT2D eigenvalue weighted by Gasteiger charge is -2.35. The van der Waals surface area contributed by atoms with Crippen LogP contribution < -0.4 is 15.4 Å². The Morgan fingerprint density at radius 3 is 2.46 bits per heavy atom. The molecule has 1 aromatic rings. The minimum Gasteiger partial charge on any atom is -0.497 e. The van der Waals surface area contributed by atoms with E-state index in [2.05, 4.69) is 27.7 Å². The van der Waals surface area contributed by atoms with Crippen LogP contribution in [0.15, 0.2) is 24.3 Å². The second-order valence-electron chi connectivity index (χ2n) is 6.02. The molecular weight excluding hydrogens is 322 g/mol. The van der Waals surface area contributed by atoms with Crippen molar-refractivity contribution >= 4 is 17.3 Å². The average Bonchev–Trinajstić information content (AvgIpc) is 2.63. The molecule has 1 unspecified atom stereocenters. The van der Waals surface area contributed by atoms with E-state index in [0.29, 0.717) is 17.8 Å². The van der Waals surface area contributed by atoms with E-state index in [1.165, 1.54) is 24.8 Å². The molecule has 24 heavy (non-hydrogen) atoms. The Morgan fingerprint density at radius 2 is 1.83 bits per heavy atom. The normalized spacial score (nSPS) is 16.4. The van der Waals surface area contributed by atoms with Gasteiger partial charge in [0.05, 0.1) is 19.8 Å². The molecule has 0 spiro atoms. The maximum Gasteiger partial charge on any atom is 0.166 e. The van der Waals surface area contributed by atoms with Crippen molar-refractivity contribution in [1.29, 1.82) is 0 Å². The number of rotatable bonds is 8. The highest BCUT2D eigenvalue weighted by Crippen LogP contribution is 2.25. The number of hydrogen-bond donors (Lipinski definition) is 2. The third kappa shape index (κ3) is 5.92. The monoisotopic (exact) mass is 351 g/mol. The predicted molar refractivity (Wildman–Crippen MR) is 102 cm³/mol. The molecule has 0 aliphatic carbocycles. The van der Waals surface area contributed by atoms with Gasteiger partial charge in [-0.2, -0.15) is 0 Å². The van der Waals surface area contributed by atoms with Gasteiger partial charge in [0.2, 0.25) is 0 Å². The molecule has 2 rings (SSSR count). The topological polar surface area (TPSA) is 45.8 Å². The van der Waals surface area contributed by atoms with Gasteiger partial charge in [-0.25, -0.2) is 0 Å². The SMILES string of the molecule is COCCNC(=S)NCC(c1ccc(OC)cc1)N1CCCCC1. The van der Waals surface area contributed by atoms with Gasteiger partial charge in [0.15, 0.2) is 5.11 Å². The highest BCUT2D eigenvalue weighted by molar-refractivity contribution is 7.80. The van der Waals surface area contributed by atoms with E-state index in [0.717, 1.165) is 31.9 Å². The van der Waals surface area contributed by atoms with Gasteiger partial charge in [0, 0.05) is 20.2 Å². The third-order valence-corrected chi connectivity index (χ3v) is 4.67. The standard InChI is InChI=1S/C18H29N3O2S/c1-22-13-10-19-18(24)20-14-17(21-11-4-3-5-12-21)15-6-8-16(23-2)9-7-15/h6-9,17H,3-5,10-14H2,1-2H3,(H2,19,20,24). The summed E-state index contributed by atoms with van der Waals surface area (Å²) in [7, 11) is 3.39.